The molecular weight excluding hydrogens is 360 g/mol. The van der Waals surface area contributed by atoms with Crippen LogP contribution in [0.5, 0.6) is 5.75 Å². The lowest BCUT2D eigenvalue weighted by atomic mass is 9.86. The van der Waals surface area contributed by atoms with E-state index in [0.29, 0.717) is 29.1 Å². The smallest absolute Gasteiger partial charge is 0.343 e. The summed E-state index contributed by atoms with van der Waals surface area (Å²) in [6.07, 6.45) is 0.125. The van der Waals surface area contributed by atoms with Gasteiger partial charge in [0.25, 0.3) is 5.56 Å². The molecule has 0 fully saturated rings. The van der Waals surface area contributed by atoms with E-state index in [1.54, 1.807) is 24.7 Å². The van der Waals surface area contributed by atoms with Crippen LogP contribution in [0.2, 0.25) is 0 Å². The van der Waals surface area contributed by atoms with Gasteiger partial charge >= 0.3 is 5.97 Å². The van der Waals surface area contributed by atoms with Gasteiger partial charge in [-0.05, 0) is 36.8 Å². The van der Waals surface area contributed by atoms with E-state index in [4.69, 9.17) is 14.5 Å². The number of carbonyl (C=O) groups excluding carboxylic acids is 1. The first-order valence-corrected chi connectivity index (χ1v) is 9.11. The standard InChI is InChI=1S/C21H18N2O5/c1-3-21(26)15-8-17-18-12(6-11-7-13(27-2)4-5-16(11)22-18)9-23(17)19(24)14(15)10-28-20(21)25/h4-8,26H,3,9-10H2,1-2H3. The second kappa shape index (κ2) is 5.65. The van der Waals surface area contributed by atoms with E-state index in [1.165, 1.54) is 0 Å². The van der Waals surface area contributed by atoms with E-state index in [-0.39, 0.29) is 18.6 Å². The summed E-state index contributed by atoms with van der Waals surface area (Å²) in [6, 6.07) is 9.33. The number of fused-ring (bicyclic) bond motifs is 5. The fourth-order valence-corrected chi connectivity index (χ4v) is 4.09. The number of aliphatic hydroxyl groups is 1. The molecule has 3 aromatic rings. The van der Waals surface area contributed by atoms with Crippen molar-refractivity contribution < 1.29 is 19.4 Å². The molecule has 1 unspecified atom stereocenters. The van der Waals surface area contributed by atoms with Crippen molar-refractivity contribution in [3.05, 3.63) is 57.4 Å². The van der Waals surface area contributed by atoms with Crippen molar-refractivity contribution >= 4 is 16.9 Å². The quantitative estimate of drug-likeness (QED) is 0.537. The highest BCUT2D eigenvalue weighted by Gasteiger charge is 2.45. The summed E-state index contributed by atoms with van der Waals surface area (Å²) in [5, 5.41) is 11.8. The van der Waals surface area contributed by atoms with Gasteiger partial charge in [-0.1, -0.05) is 6.92 Å². The van der Waals surface area contributed by atoms with Gasteiger partial charge < -0.3 is 19.1 Å². The van der Waals surface area contributed by atoms with Crippen LogP contribution in [-0.4, -0.2) is 27.7 Å². The fourth-order valence-electron chi connectivity index (χ4n) is 4.09. The highest BCUT2D eigenvalue weighted by molar-refractivity contribution is 5.86. The third kappa shape index (κ3) is 2.10. The molecule has 1 atom stereocenters. The maximum atomic E-state index is 13.1. The van der Waals surface area contributed by atoms with Crippen molar-refractivity contribution in [2.75, 3.05) is 7.11 Å². The van der Waals surface area contributed by atoms with Crippen molar-refractivity contribution in [1.29, 1.82) is 0 Å². The predicted octanol–water partition coefficient (Wildman–Crippen LogP) is 2.09. The van der Waals surface area contributed by atoms with Crippen molar-refractivity contribution in [2.24, 2.45) is 0 Å². The number of benzene rings is 1. The molecule has 142 valence electrons. The Morgan fingerprint density at radius 2 is 2.11 bits per heavy atom. The second-order valence-corrected chi connectivity index (χ2v) is 7.16. The Bertz CT molecular complexity index is 1230. The summed E-state index contributed by atoms with van der Waals surface area (Å²) in [7, 11) is 1.61. The zero-order valence-corrected chi connectivity index (χ0v) is 15.5. The second-order valence-electron chi connectivity index (χ2n) is 7.16. The van der Waals surface area contributed by atoms with Crippen molar-refractivity contribution in [3.8, 4) is 17.1 Å². The van der Waals surface area contributed by atoms with Crippen LogP contribution >= 0.6 is 0 Å². The van der Waals surface area contributed by atoms with Crippen LogP contribution in [0.15, 0.2) is 35.1 Å². The van der Waals surface area contributed by atoms with Crippen LogP contribution in [0.3, 0.4) is 0 Å². The Hall–Kier alpha value is -3.19. The molecule has 0 bridgehead atoms. The van der Waals surface area contributed by atoms with Crippen LogP contribution in [0.1, 0.15) is 30.0 Å². The molecule has 0 amide bonds. The number of carbonyl (C=O) groups is 1. The lowest BCUT2D eigenvalue weighted by Crippen LogP contribution is -2.44. The van der Waals surface area contributed by atoms with Gasteiger partial charge in [-0.25, -0.2) is 9.78 Å². The number of rotatable bonds is 2. The Balaban J connectivity index is 1.76. The minimum Gasteiger partial charge on any atom is -0.497 e. The van der Waals surface area contributed by atoms with Gasteiger partial charge in [-0.2, -0.15) is 0 Å². The molecule has 7 heteroatoms. The molecule has 2 aromatic heterocycles. The number of hydrogen-bond acceptors (Lipinski definition) is 6. The number of ether oxygens (including phenoxy) is 2. The number of pyridine rings is 2. The Kier molecular flexibility index (Phi) is 3.42. The SMILES string of the molecule is CCC1(O)C(=O)OCc2c1cc1n(c2=O)Cc2cc3cc(OC)ccc3nc2-1. The van der Waals surface area contributed by atoms with Gasteiger partial charge in [0.15, 0.2) is 5.60 Å². The molecule has 2 aliphatic rings. The molecular formula is C21H18N2O5. The molecule has 2 aliphatic heterocycles. The lowest BCUT2D eigenvalue weighted by Gasteiger charge is -2.31. The molecule has 5 rings (SSSR count). The third-order valence-electron chi connectivity index (χ3n) is 5.71. The normalized spacial score (nSPS) is 19.8. The zero-order valence-electron chi connectivity index (χ0n) is 15.5. The molecule has 0 spiro atoms. The molecule has 7 nitrogen and oxygen atoms in total. The summed E-state index contributed by atoms with van der Waals surface area (Å²) < 4.78 is 12.0. The van der Waals surface area contributed by atoms with Crippen molar-refractivity contribution in [2.45, 2.75) is 32.1 Å². The van der Waals surface area contributed by atoms with E-state index >= 15 is 0 Å². The molecule has 4 heterocycles. The summed E-state index contributed by atoms with van der Waals surface area (Å²) in [6.45, 7) is 1.95. The van der Waals surface area contributed by atoms with Gasteiger partial charge in [-0.3, -0.25) is 4.79 Å². The molecule has 1 aromatic carbocycles. The van der Waals surface area contributed by atoms with Crippen LogP contribution in [0, 0.1) is 0 Å². The Labute approximate surface area is 160 Å². The monoisotopic (exact) mass is 378 g/mol. The number of aromatic nitrogens is 2. The zero-order chi connectivity index (χ0) is 19.6. The number of hydrogen-bond donors (Lipinski definition) is 1. The van der Waals surface area contributed by atoms with Crippen molar-refractivity contribution in [3.63, 3.8) is 0 Å². The van der Waals surface area contributed by atoms with E-state index in [2.05, 4.69) is 0 Å². The van der Waals surface area contributed by atoms with Gasteiger partial charge in [-0.15, -0.1) is 0 Å². The lowest BCUT2D eigenvalue weighted by molar-refractivity contribution is -0.172. The molecule has 1 N–H and O–H groups in total. The summed E-state index contributed by atoms with van der Waals surface area (Å²) >= 11 is 0. The van der Waals surface area contributed by atoms with E-state index in [1.807, 2.05) is 24.3 Å². The summed E-state index contributed by atoms with van der Waals surface area (Å²) in [5.74, 6) is 0.0182. The predicted molar refractivity (Wildman–Crippen MR) is 101 cm³/mol. The first-order valence-electron chi connectivity index (χ1n) is 9.11. The van der Waals surface area contributed by atoms with Crippen LogP contribution in [0.25, 0.3) is 22.3 Å². The van der Waals surface area contributed by atoms with Gasteiger partial charge in [0.2, 0.25) is 0 Å². The minimum atomic E-state index is -1.81. The maximum Gasteiger partial charge on any atom is 0.343 e. The van der Waals surface area contributed by atoms with Crippen LogP contribution < -0.4 is 10.3 Å². The number of nitrogens with zero attached hydrogens (tertiary/aromatic N) is 2. The summed E-state index contributed by atoms with van der Waals surface area (Å²) in [5.41, 5.74) is 1.57. The van der Waals surface area contributed by atoms with Crippen molar-refractivity contribution in [1.82, 2.24) is 9.55 Å². The topological polar surface area (TPSA) is 90.7 Å². The van der Waals surface area contributed by atoms with Gasteiger partial charge in [0.1, 0.15) is 12.4 Å². The molecule has 0 saturated carbocycles. The molecule has 0 radical (unpaired) electrons. The molecule has 28 heavy (non-hydrogen) atoms. The average Bonchev–Trinajstić information content (AvgIpc) is 3.07. The third-order valence-corrected chi connectivity index (χ3v) is 5.71. The average molecular weight is 378 g/mol. The van der Waals surface area contributed by atoms with E-state index < -0.39 is 11.6 Å². The van der Waals surface area contributed by atoms with Gasteiger partial charge in [0.05, 0.1) is 36.1 Å². The van der Waals surface area contributed by atoms with Crippen LogP contribution in [0.4, 0.5) is 0 Å². The summed E-state index contributed by atoms with van der Waals surface area (Å²) in [4.78, 5) is 30.0. The fraction of sp³-hybridized carbons (Fsp3) is 0.286. The minimum absolute atomic E-state index is 0.125. The Morgan fingerprint density at radius 1 is 1.29 bits per heavy atom. The first kappa shape index (κ1) is 16.9. The maximum absolute atomic E-state index is 13.1. The highest BCUT2D eigenvalue weighted by Crippen LogP contribution is 2.38. The van der Waals surface area contributed by atoms with E-state index in [0.717, 1.165) is 22.2 Å². The first-order chi connectivity index (χ1) is 13.5. The largest absolute Gasteiger partial charge is 0.497 e. The number of cyclic esters (lactones) is 1. The molecule has 0 aliphatic carbocycles. The molecule has 0 saturated heterocycles. The van der Waals surface area contributed by atoms with Gasteiger partial charge in [0, 0.05) is 16.5 Å². The highest BCUT2D eigenvalue weighted by atomic mass is 16.6. The van der Waals surface area contributed by atoms with E-state index in [9.17, 15) is 14.7 Å². The number of esters is 1. The number of methoxy groups -OCH3 is 1. The van der Waals surface area contributed by atoms with Crippen LogP contribution in [-0.2, 0) is 28.3 Å². The Morgan fingerprint density at radius 3 is 2.86 bits per heavy atom.